The Labute approximate surface area is 152 Å². The molecule has 134 valence electrons. The summed E-state index contributed by atoms with van der Waals surface area (Å²) in [5.41, 5.74) is 1.50. The van der Waals surface area contributed by atoms with Crippen LogP contribution in [0.15, 0.2) is 58.4 Å². The summed E-state index contributed by atoms with van der Waals surface area (Å²) in [5.74, 6) is 0. The van der Waals surface area contributed by atoms with Gasteiger partial charge in [0.1, 0.15) is 10.7 Å². The summed E-state index contributed by atoms with van der Waals surface area (Å²) in [6.07, 6.45) is 3.10. The first-order chi connectivity index (χ1) is 12.5. The van der Waals surface area contributed by atoms with Crippen molar-refractivity contribution in [1.82, 2.24) is 9.55 Å². The molecule has 5 nitrogen and oxygen atoms in total. The fourth-order valence-electron chi connectivity index (χ4n) is 3.67. The second-order valence-electron chi connectivity index (χ2n) is 6.79. The van der Waals surface area contributed by atoms with E-state index in [1.165, 1.54) is 6.07 Å². The summed E-state index contributed by atoms with van der Waals surface area (Å²) in [4.78, 5) is 17.2. The topological polar surface area (TPSA) is 69.0 Å². The van der Waals surface area contributed by atoms with Crippen LogP contribution in [0.1, 0.15) is 31.4 Å². The fourth-order valence-corrected chi connectivity index (χ4v) is 5.68. The van der Waals surface area contributed by atoms with E-state index in [0.29, 0.717) is 29.6 Å². The number of pyridine rings is 2. The van der Waals surface area contributed by atoms with Gasteiger partial charge < -0.3 is 0 Å². The van der Waals surface area contributed by atoms with Crippen LogP contribution in [0, 0.1) is 6.92 Å². The molecule has 0 bridgehead atoms. The van der Waals surface area contributed by atoms with Crippen LogP contribution >= 0.6 is 0 Å². The Morgan fingerprint density at radius 3 is 2.42 bits per heavy atom. The number of para-hydroxylation sites is 1. The van der Waals surface area contributed by atoms with Crippen molar-refractivity contribution in [2.45, 2.75) is 42.9 Å². The first kappa shape index (κ1) is 17.0. The number of sulfone groups is 1. The van der Waals surface area contributed by atoms with Crippen molar-refractivity contribution in [3.8, 4) is 5.69 Å². The smallest absolute Gasteiger partial charge is 0.197 e. The molecule has 1 aromatic carbocycles. The van der Waals surface area contributed by atoms with Crippen molar-refractivity contribution in [1.29, 1.82) is 0 Å². The van der Waals surface area contributed by atoms with Crippen LogP contribution in [0.25, 0.3) is 16.7 Å². The average Bonchev–Trinajstić information content (AvgIpc) is 3.17. The normalized spacial score (nSPS) is 15.6. The second-order valence-corrected chi connectivity index (χ2v) is 8.97. The number of hydrogen-bond donors (Lipinski definition) is 0. The Morgan fingerprint density at radius 2 is 1.73 bits per heavy atom. The van der Waals surface area contributed by atoms with E-state index in [1.54, 1.807) is 16.7 Å². The summed E-state index contributed by atoms with van der Waals surface area (Å²) in [6, 6.07) is 14.0. The predicted octanol–water partition coefficient (Wildman–Crippen LogP) is 3.41. The molecule has 1 saturated carbocycles. The van der Waals surface area contributed by atoms with Crippen molar-refractivity contribution in [3.05, 3.63) is 64.4 Å². The second kappa shape index (κ2) is 6.36. The van der Waals surface area contributed by atoms with Crippen LogP contribution in [0.3, 0.4) is 0 Å². The number of aryl methyl sites for hydroxylation is 1. The zero-order valence-corrected chi connectivity index (χ0v) is 15.4. The minimum Gasteiger partial charge on any atom is -0.289 e. The molecule has 3 aromatic rings. The summed E-state index contributed by atoms with van der Waals surface area (Å²) in [6.45, 7) is 1.83. The molecule has 2 aromatic heterocycles. The zero-order valence-electron chi connectivity index (χ0n) is 14.6. The molecular formula is C20H20N2O3S. The molecule has 4 rings (SSSR count). The van der Waals surface area contributed by atoms with Gasteiger partial charge in [0.15, 0.2) is 15.3 Å². The molecule has 6 heteroatoms. The van der Waals surface area contributed by atoms with E-state index in [9.17, 15) is 13.2 Å². The number of rotatable bonds is 3. The van der Waals surface area contributed by atoms with Crippen LogP contribution in [0.4, 0.5) is 0 Å². The Balaban J connectivity index is 2.11. The van der Waals surface area contributed by atoms with Crippen LogP contribution < -0.4 is 5.43 Å². The van der Waals surface area contributed by atoms with E-state index in [-0.39, 0.29) is 10.5 Å². The van der Waals surface area contributed by atoms with Crippen molar-refractivity contribution in [2.75, 3.05) is 0 Å². The van der Waals surface area contributed by atoms with E-state index in [0.717, 1.165) is 18.5 Å². The molecule has 0 saturated heterocycles. The monoisotopic (exact) mass is 368 g/mol. The summed E-state index contributed by atoms with van der Waals surface area (Å²) in [7, 11) is -3.62. The molecule has 1 fully saturated rings. The van der Waals surface area contributed by atoms with Crippen molar-refractivity contribution < 1.29 is 8.42 Å². The largest absolute Gasteiger partial charge is 0.289 e. The van der Waals surface area contributed by atoms with Crippen molar-refractivity contribution >= 4 is 20.9 Å². The Bertz CT molecular complexity index is 1130. The maximum Gasteiger partial charge on any atom is 0.197 e. The number of fused-ring (bicyclic) bond motifs is 1. The quantitative estimate of drug-likeness (QED) is 0.710. The predicted molar refractivity (Wildman–Crippen MR) is 102 cm³/mol. The van der Waals surface area contributed by atoms with Gasteiger partial charge in [-0.2, -0.15) is 0 Å². The summed E-state index contributed by atoms with van der Waals surface area (Å²) < 4.78 is 28.3. The molecule has 0 spiro atoms. The molecule has 0 radical (unpaired) electrons. The molecule has 1 aliphatic rings. The molecule has 0 amide bonds. The van der Waals surface area contributed by atoms with Gasteiger partial charge in [-0.3, -0.25) is 9.36 Å². The summed E-state index contributed by atoms with van der Waals surface area (Å²) in [5, 5.41) is 0.0372. The molecule has 0 aliphatic heterocycles. The number of nitrogens with zero attached hydrogens (tertiary/aromatic N) is 2. The van der Waals surface area contributed by atoms with Gasteiger partial charge in [0.2, 0.25) is 0 Å². The third-order valence-corrected chi connectivity index (χ3v) is 7.25. The van der Waals surface area contributed by atoms with Crippen LogP contribution in [0.2, 0.25) is 0 Å². The molecule has 2 heterocycles. The maximum atomic E-state index is 13.3. The third kappa shape index (κ3) is 2.74. The average molecular weight is 368 g/mol. The van der Waals surface area contributed by atoms with Gasteiger partial charge in [0, 0.05) is 17.4 Å². The summed E-state index contributed by atoms with van der Waals surface area (Å²) >= 11 is 0. The van der Waals surface area contributed by atoms with E-state index >= 15 is 0 Å². The van der Waals surface area contributed by atoms with Crippen LogP contribution in [-0.2, 0) is 9.84 Å². The molecule has 1 aliphatic carbocycles. The SMILES string of the molecule is Cc1ccc2c(=O)cc(S(=O)(=O)C3CCCC3)n(-c3ccccc3)c2n1. The highest BCUT2D eigenvalue weighted by Crippen LogP contribution is 2.31. The first-order valence-corrected chi connectivity index (χ1v) is 10.4. The van der Waals surface area contributed by atoms with Crippen LogP contribution in [-0.4, -0.2) is 23.2 Å². The standard InChI is InChI=1S/C20H20N2O3S/c1-14-11-12-17-18(23)13-19(26(24,25)16-9-5-6-10-16)22(20(17)21-14)15-7-3-2-4-8-15/h2-4,7-8,11-13,16H,5-6,9-10H2,1H3. The minimum atomic E-state index is -3.62. The number of hydrogen-bond acceptors (Lipinski definition) is 4. The minimum absolute atomic E-state index is 0.0474. The van der Waals surface area contributed by atoms with Gasteiger partial charge in [0.05, 0.1) is 10.6 Å². The van der Waals surface area contributed by atoms with Crippen LogP contribution in [0.5, 0.6) is 0 Å². The lowest BCUT2D eigenvalue weighted by Crippen LogP contribution is -2.25. The van der Waals surface area contributed by atoms with Gasteiger partial charge in [-0.1, -0.05) is 31.0 Å². The molecule has 0 atom stereocenters. The van der Waals surface area contributed by atoms with E-state index < -0.39 is 15.1 Å². The Kier molecular flexibility index (Phi) is 4.15. The Morgan fingerprint density at radius 1 is 1.04 bits per heavy atom. The van der Waals surface area contributed by atoms with Gasteiger partial charge in [0.25, 0.3) is 0 Å². The highest BCUT2D eigenvalue weighted by Gasteiger charge is 2.33. The number of benzene rings is 1. The third-order valence-electron chi connectivity index (χ3n) is 5.01. The van der Waals surface area contributed by atoms with E-state index in [2.05, 4.69) is 4.98 Å². The highest BCUT2D eigenvalue weighted by molar-refractivity contribution is 7.92. The van der Waals surface area contributed by atoms with E-state index in [4.69, 9.17) is 0 Å². The zero-order chi connectivity index (χ0) is 18.3. The van der Waals surface area contributed by atoms with Gasteiger partial charge in [-0.25, -0.2) is 13.4 Å². The van der Waals surface area contributed by atoms with Gasteiger partial charge >= 0.3 is 0 Å². The molecular weight excluding hydrogens is 348 g/mol. The molecule has 0 N–H and O–H groups in total. The number of aromatic nitrogens is 2. The maximum absolute atomic E-state index is 13.3. The lowest BCUT2D eigenvalue weighted by Gasteiger charge is -2.19. The lowest BCUT2D eigenvalue weighted by atomic mass is 10.2. The fraction of sp³-hybridized carbons (Fsp3) is 0.300. The van der Waals surface area contributed by atoms with Crippen molar-refractivity contribution in [3.63, 3.8) is 0 Å². The molecule has 0 unspecified atom stereocenters. The lowest BCUT2D eigenvalue weighted by molar-refractivity contribution is 0.572. The highest BCUT2D eigenvalue weighted by atomic mass is 32.2. The molecule has 26 heavy (non-hydrogen) atoms. The Hall–Kier alpha value is -2.47. The first-order valence-electron chi connectivity index (χ1n) is 8.81. The van der Waals surface area contributed by atoms with Gasteiger partial charge in [-0.05, 0) is 44.0 Å². The van der Waals surface area contributed by atoms with E-state index in [1.807, 2.05) is 37.3 Å². The van der Waals surface area contributed by atoms with Gasteiger partial charge in [-0.15, -0.1) is 0 Å². The van der Waals surface area contributed by atoms with Crippen molar-refractivity contribution in [2.24, 2.45) is 0 Å².